The van der Waals surface area contributed by atoms with Crippen LogP contribution in [0.3, 0.4) is 0 Å². The number of nitrogens with one attached hydrogen (secondary N) is 2. The number of nitrogens with zero attached hydrogens (tertiary/aromatic N) is 1. The zero-order valence-corrected chi connectivity index (χ0v) is 16.0. The summed E-state index contributed by atoms with van der Waals surface area (Å²) in [6.07, 6.45) is 4.63. The highest BCUT2D eigenvalue weighted by Gasteiger charge is 2.27. The molecule has 142 valence electrons. The molecule has 6 nitrogen and oxygen atoms in total. The first kappa shape index (κ1) is 19.8. The summed E-state index contributed by atoms with van der Waals surface area (Å²) in [5.74, 6) is 0. The summed E-state index contributed by atoms with van der Waals surface area (Å²) in [7, 11) is 0. The third-order valence-electron chi connectivity index (χ3n) is 4.05. The Morgan fingerprint density at radius 3 is 2.35 bits per heavy atom. The molecule has 0 atom stereocenters. The monoisotopic (exact) mass is 359 g/mol. The van der Waals surface area contributed by atoms with Crippen LogP contribution >= 0.6 is 0 Å². The van der Waals surface area contributed by atoms with Crippen molar-refractivity contribution in [3.8, 4) is 0 Å². The molecule has 0 aromatic heterocycles. The molecular weight excluding hydrogens is 330 g/mol. The molecule has 1 heterocycles. The smallest absolute Gasteiger partial charge is 0.410 e. The van der Waals surface area contributed by atoms with Crippen molar-refractivity contribution in [1.29, 1.82) is 0 Å². The summed E-state index contributed by atoms with van der Waals surface area (Å²) >= 11 is 0. The fraction of sp³-hybridized carbons (Fsp3) is 0.500. The van der Waals surface area contributed by atoms with E-state index in [1.807, 2.05) is 58.0 Å². The summed E-state index contributed by atoms with van der Waals surface area (Å²) in [5.41, 5.74) is 1.74. The molecule has 0 spiro atoms. The molecule has 1 aromatic carbocycles. The number of carbonyl (C=O) groups is 2. The molecule has 2 N–H and O–H groups in total. The SMILES string of the molecule is Cc1ccc(/C=C/NC(=O)NC2CCN(C(=O)OC(C)(C)C)CC2)cc1. The Morgan fingerprint density at radius 2 is 1.77 bits per heavy atom. The molecule has 1 aliphatic heterocycles. The number of urea groups is 1. The summed E-state index contributed by atoms with van der Waals surface area (Å²) in [6.45, 7) is 8.76. The first-order valence-corrected chi connectivity index (χ1v) is 9.01. The summed E-state index contributed by atoms with van der Waals surface area (Å²) < 4.78 is 5.37. The number of hydrogen-bond acceptors (Lipinski definition) is 3. The minimum Gasteiger partial charge on any atom is -0.444 e. The van der Waals surface area contributed by atoms with Crippen LogP contribution in [0.5, 0.6) is 0 Å². The molecule has 0 bridgehead atoms. The normalized spacial score (nSPS) is 15.8. The van der Waals surface area contributed by atoms with Crippen LogP contribution in [-0.2, 0) is 4.74 Å². The standard InChI is InChI=1S/C20H29N3O3/c1-15-5-7-16(8-6-15)9-12-21-18(24)22-17-10-13-23(14-11-17)19(25)26-20(2,3)4/h5-9,12,17H,10-11,13-14H2,1-4H3,(H2,21,22,24)/b12-9+. The highest BCUT2D eigenvalue weighted by molar-refractivity contribution is 5.76. The van der Waals surface area contributed by atoms with Crippen LogP contribution in [0.4, 0.5) is 9.59 Å². The maximum absolute atomic E-state index is 12.0. The second-order valence-electron chi connectivity index (χ2n) is 7.60. The highest BCUT2D eigenvalue weighted by atomic mass is 16.6. The second-order valence-corrected chi connectivity index (χ2v) is 7.60. The Kier molecular flexibility index (Phi) is 6.66. The number of likely N-dealkylation sites (tertiary alicyclic amines) is 1. The van der Waals surface area contributed by atoms with Crippen molar-refractivity contribution in [1.82, 2.24) is 15.5 Å². The Labute approximate surface area is 155 Å². The molecule has 3 amide bonds. The first-order chi connectivity index (χ1) is 12.2. The van der Waals surface area contributed by atoms with Crippen molar-refractivity contribution in [3.05, 3.63) is 41.6 Å². The van der Waals surface area contributed by atoms with Crippen molar-refractivity contribution in [2.24, 2.45) is 0 Å². The van der Waals surface area contributed by atoms with Crippen molar-refractivity contribution in [2.45, 2.75) is 52.2 Å². The third-order valence-corrected chi connectivity index (χ3v) is 4.05. The van der Waals surface area contributed by atoms with Crippen molar-refractivity contribution in [3.63, 3.8) is 0 Å². The zero-order valence-electron chi connectivity index (χ0n) is 16.0. The van der Waals surface area contributed by atoms with Gasteiger partial charge in [0.05, 0.1) is 0 Å². The maximum Gasteiger partial charge on any atom is 0.410 e. The fourth-order valence-corrected chi connectivity index (χ4v) is 2.65. The third kappa shape index (κ3) is 6.78. The highest BCUT2D eigenvalue weighted by Crippen LogP contribution is 2.15. The number of amides is 3. The lowest BCUT2D eigenvalue weighted by molar-refractivity contribution is 0.0201. The summed E-state index contributed by atoms with van der Waals surface area (Å²) in [4.78, 5) is 25.7. The number of hydrogen-bond donors (Lipinski definition) is 2. The molecule has 1 aromatic rings. The average molecular weight is 359 g/mol. The molecule has 6 heteroatoms. The van der Waals surface area contributed by atoms with E-state index in [2.05, 4.69) is 10.6 Å². The van der Waals surface area contributed by atoms with E-state index in [0.717, 1.165) is 5.56 Å². The van der Waals surface area contributed by atoms with E-state index < -0.39 is 5.60 Å². The van der Waals surface area contributed by atoms with E-state index in [4.69, 9.17) is 4.74 Å². The molecule has 1 saturated heterocycles. The Hall–Kier alpha value is -2.50. The van der Waals surface area contributed by atoms with Gasteiger partial charge in [-0.2, -0.15) is 0 Å². The van der Waals surface area contributed by atoms with Gasteiger partial charge in [0.15, 0.2) is 0 Å². The van der Waals surface area contributed by atoms with E-state index in [1.54, 1.807) is 11.1 Å². The average Bonchev–Trinajstić information content (AvgIpc) is 2.56. The van der Waals surface area contributed by atoms with E-state index in [1.165, 1.54) is 5.56 Å². The van der Waals surface area contributed by atoms with Gasteiger partial charge in [0.2, 0.25) is 0 Å². The van der Waals surface area contributed by atoms with E-state index in [0.29, 0.717) is 25.9 Å². The Bertz CT molecular complexity index is 639. The minimum atomic E-state index is -0.490. The molecule has 1 fully saturated rings. The number of aryl methyl sites for hydroxylation is 1. The predicted molar refractivity (Wildman–Crippen MR) is 103 cm³/mol. The van der Waals surface area contributed by atoms with Gasteiger partial charge in [-0.1, -0.05) is 29.8 Å². The van der Waals surface area contributed by atoms with Crippen LogP contribution in [0.2, 0.25) is 0 Å². The molecule has 0 unspecified atom stereocenters. The zero-order chi connectivity index (χ0) is 19.2. The van der Waals surface area contributed by atoms with Crippen molar-refractivity contribution in [2.75, 3.05) is 13.1 Å². The van der Waals surface area contributed by atoms with Crippen LogP contribution in [0, 0.1) is 6.92 Å². The van der Waals surface area contributed by atoms with Crippen LogP contribution in [-0.4, -0.2) is 41.8 Å². The topological polar surface area (TPSA) is 70.7 Å². The Morgan fingerprint density at radius 1 is 1.15 bits per heavy atom. The molecule has 2 rings (SSSR count). The van der Waals surface area contributed by atoms with Gasteiger partial charge in [0, 0.05) is 25.3 Å². The van der Waals surface area contributed by atoms with Crippen molar-refractivity contribution < 1.29 is 14.3 Å². The summed E-state index contributed by atoms with van der Waals surface area (Å²) in [6, 6.07) is 7.87. The van der Waals surface area contributed by atoms with Crippen LogP contribution < -0.4 is 10.6 Å². The van der Waals surface area contributed by atoms with Gasteiger partial charge in [0.1, 0.15) is 5.60 Å². The van der Waals surface area contributed by atoms with E-state index in [9.17, 15) is 9.59 Å². The van der Waals surface area contributed by atoms with Gasteiger partial charge in [-0.15, -0.1) is 0 Å². The number of rotatable bonds is 3. The van der Waals surface area contributed by atoms with Gasteiger partial charge >= 0.3 is 12.1 Å². The number of benzene rings is 1. The van der Waals surface area contributed by atoms with E-state index >= 15 is 0 Å². The number of piperidine rings is 1. The number of ether oxygens (including phenoxy) is 1. The van der Waals surface area contributed by atoms with Gasteiger partial charge in [-0.05, 0) is 52.2 Å². The number of carbonyl (C=O) groups excluding carboxylic acids is 2. The van der Waals surface area contributed by atoms with Crippen LogP contribution in [0.25, 0.3) is 6.08 Å². The maximum atomic E-state index is 12.0. The molecule has 0 aliphatic carbocycles. The first-order valence-electron chi connectivity index (χ1n) is 9.01. The molecule has 26 heavy (non-hydrogen) atoms. The van der Waals surface area contributed by atoms with Gasteiger partial charge < -0.3 is 20.3 Å². The van der Waals surface area contributed by atoms with Crippen molar-refractivity contribution >= 4 is 18.2 Å². The predicted octanol–water partition coefficient (Wildman–Crippen LogP) is 3.66. The Balaban J connectivity index is 1.71. The van der Waals surface area contributed by atoms with Crippen LogP contribution in [0.15, 0.2) is 30.5 Å². The van der Waals surface area contributed by atoms with Gasteiger partial charge in [-0.3, -0.25) is 0 Å². The minimum absolute atomic E-state index is 0.0569. The molecular formula is C20H29N3O3. The molecule has 0 radical (unpaired) electrons. The lowest BCUT2D eigenvalue weighted by Gasteiger charge is -2.33. The largest absolute Gasteiger partial charge is 0.444 e. The van der Waals surface area contributed by atoms with Gasteiger partial charge in [0.25, 0.3) is 0 Å². The summed E-state index contributed by atoms with van der Waals surface area (Å²) in [5, 5.41) is 5.66. The second kappa shape index (κ2) is 8.74. The van der Waals surface area contributed by atoms with E-state index in [-0.39, 0.29) is 18.2 Å². The quantitative estimate of drug-likeness (QED) is 0.865. The molecule has 0 saturated carbocycles. The van der Waals surface area contributed by atoms with Crippen LogP contribution in [0.1, 0.15) is 44.7 Å². The fourth-order valence-electron chi connectivity index (χ4n) is 2.65. The lowest BCUT2D eigenvalue weighted by Crippen LogP contribution is -2.49. The van der Waals surface area contributed by atoms with Gasteiger partial charge in [-0.25, -0.2) is 9.59 Å². The lowest BCUT2D eigenvalue weighted by atomic mass is 10.1. The molecule has 1 aliphatic rings.